The molecule has 1 aromatic rings. The number of aromatic amines is 1. The quantitative estimate of drug-likeness (QED) is 0.728. The fraction of sp³-hybridized carbons (Fsp3) is 0.500. The number of aliphatic hydroxyl groups excluding tert-OH is 1. The summed E-state index contributed by atoms with van der Waals surface area (Å²) in [6.45, 7) is 3.45. The maximum absolute atomic E-state index is 11.5. The summed E-state index contributed by atoms with van der Waals surface area (Å²) in [6.07, 6.45) is 1.18. The second-order valence-corrected chi connectivity index (χ2v) is 3.82. The summed E-state index contributed by atoms with van der Waals surface area (Å²) in [4.78, 5) is 24.7. The van der Waals surface area contributed by atoms with Crippen LogP contribution in [-0.4, -0.2) is 21.3 Å². The molecule has 0 aliphatic carbocycles. The van der Waals surface area contributed by atoms with E-state index in [1.54, 1.807) is 6.07 Å². The molecule has 0 saturated heterocycles. The molecule has 0 amide bonds. The Hall–Kier alpha value is -1.87. The average Bonchev–Trinajstić information content (AvgIpc) is 2.21. The molecule has 0 aromatic carbocycles. The van der Waals surface area contributed by atoms with E-state index in [4.69, 9.17) is 5.26 Å². The van der Waals surface area contributed by atoms with Crippen molar-refractivity contribution in [2.75, 3.05) is 6.61 Å². The molecule has 1 atom stereocenters. The zero-order chi connectivity index (χ0) is 12.3. The predicted octanol–water partition coefficient (Wildman–Crippen LogP) is -0.402. The molecular formula is C10H13N3O3. The minimum atomic E-state index is -0.704. The lowest BCUT2D eigenvalue weighted by molar-refractivity contribution is 0.188. The lowest BCUT2D eigenvalue weighted by atomic mass is 10.1. The van der Waals surface area contributed by atoms with Gasteiger partial charge in [0.15, 0.2) is 0 Å². The Morgan fingerprint density at radius 3 is 2.62 bits per heavy atom. The molecule has 16 heavy (non-hydrogen) atoms. The van der Waals surface area contributed by atoms with E-state index in [9.17, 15) is 14.7 Å². The zero-order valence-electron chi connectivity index (χ0n) is 9.10. The average molecular weight is 223 g/mol. The highest BCUT2D eigenvalue weighted by atomic mass is 16.3. The second-order valence-electron chi connectivity index (χ2n) is 3.82. The van der Waals surface area contributed by atoms with Gasteiger partial charge in [-0.25, -0.2) is 4.79 Å². The van der Waals surface area contributed by atoms with Crippen LogP contribution in [0, 0.1) is 17.2 Å². The first kappa shape index (κ1) is 12.2. The summed E-state index contributed by atoms with van der Waals surface area (Å²) < 4.78 is 1.19. The summed E-state index contributed by atoms with van der Waals surface area (Å²) in [6, 6.07) is 1.25. The fourth-order valence-corrected chi connectivity index (χ4v) is 1.43. The van der Waals surface area contributed by atoms with E-state index in [0.29, 0.717) is 0 Å². The van der Waals surface area contributed by atoms with Gasteiger partial charge in [-0.15, -0.1) is 0 Å². The molecule has 0 bridgehead atoms. The molecule has 0 saturated carbocycles. The van der Waals surface area contributed by atoms with Crippen LogP contribution in [-0.2, 0) is 0 Å². The van der Waals surface area contributed by atoms with Crippen molar-refractivity contribution in [2.45, 2.75) is 19.9 Å². The van der Waals surface area contributed by atoms with Crippen molar-refractivity contribution in [1.82, 2.24) is 9.55 Å². The molecular weight excluding hydrogens is 210 g/mol. The molecule has 0 aliphatic heterocycles. The monoisotopic (exact) mass is 223 g/mol. The van der Waals surface area contributed by atoms with Crippen molar-refractivity contribution >= 4 is 0 Å². The summed E-state index contributed by atoms with van der Waals surface area (Å²) in [5.41, 5.74) is -1.46. The van der Waals surface area contributed by atoms with Gasteiger partial charge in [-0.05, 0) is 5.92 Å². The van der Waals surface area contributed by atoms with Gasteiger partial charge in [0.2, 0.25) is 0 Å². The van der Waals surface area contributed by atoms with E-state index in [0.717, 1.165) is 0 Å². The minimum Gasteiger partial charge on any atom is -0.394 e. The van der Waals surface area contributed by atoms with E-state index < -0.39 is 17.3 Å². The minimum absolute atomic E-state index is 0.0140. The maximum atomic E-state index is 11.5. The predicted molar refractivity (Wildman–Crippen MR) is 57.0 cm³/mol. The third kappa shape index (κ3) is 2.20. The normalized spacial score (nSPS) is 12.4. The zero-order valence-corrected chi connectivity index (χ0v) is 9.10. The van der Waals surface area contributed by atoms with E-state index >= 15 is 0 Å². The van der Waals surface area contributed by atoms with Crippen LogP contribution in [0.1, 0.15) is 25.5 Å². The molecule has 1 heterocycles. The largest absolute Gasteiger partial charge is 0.394 e. The Bertz CT molecular complexity index is 521. The lowest BCUT2D eigenvalue weighted by Crippen LogP contribution is -2.36. The Morgan fingerprint density at radius 2 is 2.19 bits per heavy atom. The second kappa shape index (κ2) is 4.77. The van der Waals surface area contributed by atoms with Gasteiger partial charge in [0, 0.05) is 6.20 Å². The molecule has 0 spiro atoms. The van der Waals surface area contributed by atoms with Crippen LogP contribution in [0.15, 0.2) is 15.8 Å². The standard InChI is InChI=1S/C10H13N3O3/c1-6(2)8(5-14)13-4-7(3-11)9(15)12-10(13)16/h4,6,8,14H,5H2,1-2H3,(H,12,15,16)/t8-/m0/s1. The summed E-state index contributed by atoms with van der Waals surface area (Å²) in [7, 11) is 0. The summed E-state index contributed by atoms with van der Waals surface area (Å²) in [5, 5.41) is 17.9. The van der Waals surface area contributed by atoms with Gasteiger partial charge in [0.1, 0.15) is 11.6 Å². The van der Waals surface area contributed by atoms with Gasteiger partial charge in [0.05, 0.1) is 12.6 Å². The highest BCUT2D eigenvalue weighted by Gasteiger charge is 2.17. The number of hydrogen-bond acceptors (Lipinski definition) is 4. The van der Waals surface area contributed by atoms with Gasteiger partial charge in [-0.2, -0.15) is 5.26 Å². The van der Waals surface area contributed by atoms with Crippen molar-refractivity contribution in [2.24, 2.45) is 5.92 Å². The van der Waals surface area contributed by atoms with Crippen molar-refractivity contribution in [3.05, 3.63) is 32.6 Å². The number of rotatable bonds is 3. The van der Waals surface area contributed by atoms with E-state index in [1.165, 1.54) is 10.8 Å². The molecule has 0 unspecified atom stereocenters. The highest BCUT2D eigenvalue weighted by molar-refractivity contribution is 5.21. The smallest absolute Gasteiger partial charge is 0.328 e. The number of aliphatic hydroxyl groups is 1. The van der Waals surface area contributed by atoms with Crippen molar-refractivity contribution < 1.29 is 5.11 Å². The van der Waals surface area contributed by atoms with Crippen LogP contribution >= 0.6 is 0 Å². The van der Waals surface area contributed by atoms with Crippen molar-refractivity contribution in [1.29, 1.82) is 5.26 Å². The number of hydrogen-bond donors (Lipinski definition) is 2. The van der Waals surface area contributed by atoms with Crippen LogP contribution in [0.5, 0.6) is 0 Å². The number of nitrogens with one attached hydrogen (secondary N) is 1. The van der Waals surface area contributed by atoms with Crippen molar-refractivity contribution in [3.63, 3.8) is 0 Å². The summed E-state index contributed by atoms with van der Waals surface area (Å²) >= 11 is 0. The molecule has 1 aromatic heterocycles. The van der Waals surface area contributed by atoms with Crippen molar-refractivity contribution in [3.8, 4) is 6.07 Å². The van der Waals surface area contributed by atoms with Crippen LogP contribution in [0.2, 0.25) is 0 Å². The first-order valence-corrected chi connectivity index (χ1v) is 4.87. The van der Waals surface area contributed by atoms with Gasteiger partial charge < -0.3 is 5.11 Å². The molecule has 86 valence electrons. The number of aromatic nitrogens is 2. The maximum Gasteiger partial charge on any atom is 0.328 e. The third-order valence-corrected chi connectivity index (χ3v) is 2.40. The van der Waals surface area contributed by atoms with E-state index in [2.05, 4.69) is 0 Å². The van der Waals surface area contributed by atoms with Gasteiger partial charge in [-0.1, -0.05) is 13.8 Å². The molecule has 2 N–H and O–H groups in total. The topological polar surface area (TPSA) is 98.9 Å². The van der Waals surface area contributed by atoms with Crippen LogP contribution in [0.25, 0.3) is 0 Å². The van der Waals surface area contributed by atoms with Crippen LogP contribution < -0.4 is 11.2 Å². The molecule has 0 aliphatic rings. The highest BCUT2D eigenvalue weighted by Crippen LogP contribution is 2.13. The Morgan fingerprint density at radius 1 is 1.56 bits per heavy atom. The molecule has 1 rings (SSSR count). The lowest BCUT2D eigenvalue weighted by Gasteiger charge is -2.20. The molecule has 0 radical (unpaired) electrons. The Kier molecular flexibility index (Phi) is 3.64. The van der Waals surface area contributed by atoms with Gasteiger partial charge in [0.25, 0.3) is 5.56 Å². The SMILES string of the molecule is CC(C)[C@H](CO)n1cc(C#N)c(=O)[nH]c1=O. The Balaban J connectivity index is 3.40. The number of H-pyrrole nitrogens is 1. The molecule has 6 nitrogen and oxygen atoms in total. The van der Waals surface area contributed by atoms with E-state index in [-0.39, 0.29) is 18.1 Å². The third-order valence-electron chi connectivity index (χ3n) is 2.40. The first-order valence-electron chi connectivity index (χ1n) is 4.87. The Labute approximate surface area is 91.8 Å². The van der Waals surface area contributed by atoms with Gasteiger partial charge >= 0.3 is 5.69 Å². The number of nitriles is 1. The molecule has 0 fully saturated rings. The summed E-state index contributed by atoms with van der Waals surface area (Å²) in [5.74, 6) is 0.0140. The fourth-order valence-electron chi connectivity index (χ4n) is 1.43. The van der Waals surface area contributed by atoms with Crippen LogP contribution in [0.4, 0.5) is 0 Å². The number of nitrogens with zero attached hydrogens (tertiary/aromatic N) is 2. The van der Waals surface area contributed by atoms with Crippen LogP contribution in [0.3, 0.4) is 0 Å². The first-order chi connectivity index (χ1) is 7.51. The molecule has 6 heteroatoms. The van der Waals surface area contributed by atoms with Gasteiger partial charge in [-0.3, -0.25) is 14.3 Å². The van der Waals surface area contributed by atoms with E-state index in [1.807, 2.05) is 18.8 Å².